The van der Waals surface area contributed by atoms with Crippen molar-refractivity contribution in [3.05, 3.63) is 63.4 Å². The number of benzene rings is 1. The van der Waals surface area contributed by atoms with Gasteiger partial charge in [0.1, 0.15) is 0 Å². The van der Waals surface area contributed by atoms with E-state index in [1.54, 1.807) is 11.3 Å². The predicted molar refractivity (Wildman–Crippen MR) is 95.4 cm³/mol. The molecule has 2 atom stereocenters. The van der Waals surface area contributed by atoms with Crippen molar-refractivity contribution in [2.24, 2.45) is 5.92 Å². The second-order valence-electron chi connectivity index (χ2n) is 6.46. The maximum atomic E-state index is 13.1. The van der Waals surface area contributed by atoms with Gasteiger partial charge in [-0.15, -0.1) is 11.3 Å². The number of carbonyl (C=O) groups excluding carboxylic acids is 1. The molecule has 1 aromatic heterocycles. The Morgan fingerprint density at radius 1 is 1.35 bits per heavy atom. The number of fused-ring (bicyclic) bond motifs is 4. The molecule has 0 aliphatic carbocycles. The van der Waals surface area contributed by atoms with Gasteiger partial charge >= 0.3 is 0 Å². The normalized spacial score (nSPS) is 27.6. The molecule has 23 heavy (non-hydrogen) atoms. The number of rotatable bonds is 1. The highest BCUT2D eigenvalue weighted by molar-refractivity contribution is 7.11. The van der Waals surface area contributed by atoms with Crippen molar-refractivity contribution in [1.82, 2.24) is 4.90 Å². The van der Waals surface area contributed by atoms with E-state index in [4.69, 9.17) is 0 Å². The van der Waals surface area contributed by atoms with Gasteiger partial charge in [-0.2, -0.15) is 0 Å². The van der Waals surface area contributed by atoms with Crippen molar-refractivity contribution in [3.8, 4) is 0 Å². The zero-order valence-electron chi connectivity index (χ0n) is 13.8. The topological polar surface area (TPSA) is 20.3 Å². The van der Waals surface area contributed by atoms with Crippen molar-refractivity contribution in [2.45, 2.75) is 39.3 Å². The molecule has 3 heterocycles. The number of thiophene rings is 1. The Bertz CT molecular complexity index is 819. The molecule has 0 unspecified atom stereocenters. The van der Waals surface area contributed by atoms with E-state index in [0.29, 0.717) is 6.54 Å². The van der Waals surface area contributed by atoms with Gasteiger partial charge < -0.3 is 4.90 Å². The van der Waals surface area contributed by atoms with Crippen LogP contribution in [0.2, 0.25) is 0 Å². The first-order valence-corrected chi connectivity index (χ1v) is 9.17. The first kappa shape index (κ1) is 14.7. The lowest BCUT2D eigenvalue weighted by Gasteiger charge is -2.42. The molecule has 4 rings (SSSR count). The molecule has 0 saturated heterocycles. The standard InChI is InChI=1S/C20H21NOS/c1-4-15-13(3)20(5-2)17-9-7-6-8-16(17)19(22)21(20)12-14-10-11-23-18(14)15/h4,6-11,13H,5,12H2,1-3H3/b15-4-/t13-,20+/m0/s1. The van der Waals surface area contributed by atoms with E-state index in [0.717, 1.165) is 12.0 Å². The molecular weight excluding hydrogens is 302 g/mol. The van der Waals surface area contributed by atoms with E-state index in [1.807, 2.05) is 12.1 Å². The molecule has 0 saturated carbocycles. The zero-order chi connectivity index (χ0) is 16.2. The lowest BCUT2D eigenvalue weighted by atomic mass is 9.73. The molecule has 118 valence electrons. The number of amides is 1. The van der Waals surface area contributed by atoms with Crippen LogP contribution in [0.4, 0.5) is 0 Å². The number of hydrogen-bond donors (Lipinski definition) is 0. The predicted octanol–water partition coefficient (Wildman–Crippen LogP) is 5.06. The molecule has 0 radical (unpaired) electrons. The van der Waals surface area contributed by atoms with Gasteiger partial charge in [-0.05, 0) is 47.6 Å². The molecule has 3 heteroatoms. The maximum absolute atomic E-state index is 13.1. The van der Waals surface area contributed by atoms with Gasteiger partial charge in [0, 0.05) is 22.9 Å². The average Bonchev–Trinajstić information content (AvgIpc) is 3.09. The smallest absolute Gasteiger partial charge is 0.255 e. The Kier molecular flexibility index (Phi) is 3.24. The fourth-order valence-electron chi connectivity index (χ4n) is 4.61. The Hall–Kier alpha value is -1.87. The van der Waals surface area contributed by atoms with Crippen molar-refractivity contribution >= 4 is 22.8 Å². The summed E-state index contributed by atoms with van der Waals surface area (Å²) in [6, 6.07) is 10.4. The lowest BCUT2D eigenvalue weighted by molar-refractivity contribution is 0.0412. The Labute approximate surface area is 141 Å². The minimum absolute atomic E-state index is 0.184. The zero-order valence-corrected chi connectivity index (χ0v) is 14.6. The summed E-state index contributed by atoms with van der Waals surface area (Å²) in [6.45, 7) is 7.33. The number of allylic oxidation sites excluding steroid dienone is 1. The van der Waals surface area contributed by atoms with Gasteiger partial charge in [-0.3, -0.25) is 4.79 Å². The minimum Gasteiger partial charge on any atom is -0.324 e. The second kappa shape index (κ2) is 5.07. The summed E-state index contributed by atoms with van der Waals surface area (Å²) in [5.41, 5.74) is 4.52. The first-order chi connectivity index (χ1) is 11.1. The first-order valence-electron chi connectivity index (χ1n) is 8.29. The summed E-state index contributed by atoms with van der Waals surface area (Å²) >= 11 is 1.80. The van der Waals surface area contributed by atoms with Crippen molar-refractivity contribution < 1.29 is 4.79 Å². The molecule has 1 aromatic carbocycles. The number of nitrogens with zero attached hydrogens (tertiary/aromatic N) is 1. The van der Waals surface area contributed by atoms with Crippen LogP contribution in [0.15, 0.2) is 41.8 Å². The largest absolute Gasteiger partial charge is 0.324 e. The van der Waals surface area contributed by atoms with Gasteiger partial charge in [0.15, 0.2) is 0 Å². The molecule has 2 aromatic rings. The SMILES string of the molecule is C/C=C1\c2sccc2CN2C(=O)c3ccccc3[C@@]2(CC)[C@H]1C. The van der Waals surface area contributed by atoms with Crippen LogP contribution in [-0.2, 0) is 12.1 Å². The number of carbonyl (C=O) groups is 1. The van der Waals surface area contributed by atoms with Crippen LogP contribution in [0.1, 0.15) is 53.6 Å². The quantitative estimate of drug-likeness (QED) is 0.718. The van der Waals surface area contributed by atoms with Gasteiger partial charge in [0.25, 0.3) is 5.91 Å². The third-order valence-electron chi connectivity index (χ3n) is 5.72. The van der Waals surface area contributed by atoms with Crippen molar-refractivity contribution in [3.63, 3.8) is 0 Å². The molecule has 2 nitrogen and oxygen atoms in total. The van der Waals surface area contributed by atoms with E-state index in [1.165, 1.54) is 21.6 Å². The lowest BCUT2D eigenvalue weighted by Crippen LogP contribution is -2.46. The monoisotopic (exact) mass is 323 g/mol. The highest BCUT2D eigenvalue weighted by Gasteiger charge is 2.53. The second-order valence-corrected chi connectivity index (χ2v) is 7.37. The molecule has 0 bridgehead atoms. The summed E-state index contributed by atoms with van der Waals surface area (Å²) in [7, 11) is 0. The summed E-state index contributed by atoms with van der Waals surface area (Å²) in [5.74, 6) is 0.466. The van der Waals surface area contributed by atoms with E-state index in [9.17, 15) is 4.79 Å². The van der Waals surface area contributed by atoms with Crippen LogP contribution in [0.25, 0.3) is 5.57 Å². The molecule has 0 N–H and O–H groups in total. The molecule has 0 fully saturated rings. The highest BCUT2D eigenvalue weighted by Crippen LogP contribution is 2.54. The van der Waals surface area contributed by atoms with Crippen LogP contribution in [0.5, 0.6) is 0 Å². The Balaban J connectivity index is 2.02. The van der Waals surface area contributed by atoms with E-state index >= 15 is 0 Å². The fraction of sp³-hybridized carbons (Fsp3) is 0.350. The highest BCUT2D eigenvalue weighted by atomic mass is 32.1. The molecule has 0 spiro atoms. The van der Waals surface area contributed by atoms with Crippen molar-refractivity contribution in [2.75, 3.05) is 0 Å². The van der Waals surface area contributed by atoms with Crippen LogP contribution >= 0.6 is 11.3 Å². The number of hydrogen-bond acceptors (Lipinski definition) is 2. The Morgan fingerprint density at radius 3 is 2.87 bits per heavy atom. The van der Waals surface area contributed by atoms with Crippen LogP contribution in [0.3, 0.4) is 0 Å². The Morgan fingerprint density at radius 2 is 2.13 bits per heavy atom. The van der Waals surface area contributed by atoms with E-state index in [-0.39, 0.29) is 17.4 Å². The minimum atomic E-state index is -0.228. The van der Waals surface area contributed by atoms with Gasteiger partial charge in [-0.1, -0.05) is 38.1 Å². The summed E-state index contributed by atoms with van der Waals surface area (Å²) in [6.07, 6.45) is 3.18. The van der Waals surface area contributed by atoms with E-state index in [2.05, 4.69) is 55.3 Å². The summed E-state index contributed by atoms with van der Waals surface area (Å²) in [4.78, 5) is 16.6. The van der Waals surface area contributed by atoms with Gasteiger partial charge in [0.2, 0.25) is 0 Å². The van der Waals surface area contributed by atoms with Crippen LogP contribution in [0, 0.1) is 5.92 Å². The van der Waals surface area contributed by atoms with Gasteiger partial charge in [-0.25, -0.2) is 0 Å². The maximum Gasteiger partial charge on any atom is 0.255 e. The van der Waals surface area contributed by atoms with Crippen LogP contribution < -0.4 is 0 Å². The molecule has 2 aliphatic heterocycles. The average molecular weight is 323 g/mol. The van der Waals surface area contributed by atoms with Crippen LogP contribution in [-0.4, -0.2) is 10.8 Å². The third-order valence-corrected chi connectivity index (χ3v) is 6.73. The molecule has 1 amide bonds. The summed E-state index contributed by atoms with van der Waals surface area (Å²) in [5, 5.41) is 2.15. The molecule has 2 aliphatic rings. The third kappa shape index (κ3) is 1.71. The van der Waals surface area contributed by atoms with Crippen molar-refractivity contribution in [1.29, 1.82) is 0 Å². The van der Waals surface area contributed by atoms with E-state index < -0.39 is 0 Å². The molecular formula is C20H21NOS. The fourth-order valence-corrected chi connectivity index (χ4v) is 5.69. The van der Waals surface area contributed by atoms with Gasteiger partial charge in [0.05, 0.1) is 5.54 Å². The summed E-state index contributed by atoms with van der Waals surface area (Å²) < 4.78 is 0.